The predicted octanol–water partition coefficient (Wildman–Crippen LogP) is 3.91. The van der Waals surface area contributed by atoms with Gasteiger partial charge in [0.2, 0.25) is 11.6 Å². The lowest BCUT2D eigenvalue weighted by atomic mass is 10.1. The molecule has 1 amide bonds. The van der Waals surface area contributed by atoms with Crippen LogP contribution in [0.5, 0.6) is 28.7 Å². The molecule has 37 heavy (non-hydrogen) atoms. The Morgan fingerprint density at radius 3 is 2.16 bits per heavy atom. The van der Waals surface area contributed by atoms with E-state index in [2.05, 4.69) is 15.4 Å². The van der Waals surface area contributed by atoms with Gasteiger partial charge in [0.25, 0.3) is 5.91 Å². The lowest BCUT2D eigenvalue weighted by Gasteiger charge is -2.14. The van der Waals surface area contributed by atoms with Crippen molar-refractivity contribution in [2.75, 3.05) is 35.5 Å². The zero-order valence-corrected chi connectivity index (χ0v) is 21.3. The molecule has 0 atom stereocenters. The molecule has 10 nitrogen and oxygen atoms in total. The van der Waals surface area contributed by atoms with E-state index in [1.165, 1.54) is 21.3 Å². The SMILES string of the molecule is COc1cccc(-n2nc(C(=O)NCc3ccccc3OC)nc2-c2cc(OC)c(OC)c(OC)c2)c1. The first kappa shape index (κ1) is 25.4. The van der Waals surface area contributed by atoms with Gasteiger partial charge in [0, 0.05) is 23.7 Å². The molecular weight excluding hydrogens is 476 g/mol. The molecule has 0 saturated heterocycles. The molecule has 1 heterocycles. The van der Waals surface area contributed by atoms with Crippen molar-refractivity contribution in [2.45, 2.75) is 6.54 Å². The lowest BCUT2D eigenvalue weighted by molar-refractivity contribution is 0.0940. The molecule has 0 aliphatic rings. The number of rotatable bonds is 10. The zero-order valence-electron chi connectivity index (χ0n) is 21.3. The Morgan fingerprint density at radius 1 is 0.811 bits per heavy atom. The first-order chi connectivity index (χ1) is 18.0. The molecule has 192 valence electrons. The van der Waals surface area contributed by atoms with Crippen LogP contribution in [0, 0.1) is 0 Å². The number of nitrogens with one attached hydrogen (secondary N) is 1. The summed E-state index contributed by atoms with van der Waals surface area (Å²) in [4.78, 5) is 17.7. The van der Waals surface area contributed by atoms with Crippen LogP contribution in [0.2, 0.25) is 0 Å². The van der Waals surface area contributed by atoms with E-state index in [0.717, 1.165) is 5.56 Å². The fourth-order valence-electron chi connectivity index (χ4n) is 3.83. The molecule has 3 aromatic carbocycles. The van der Waals surface area contributed by atoms with Gasteiger partial charge in [0.05, 0.1) is 41.2 Å². The minimum atomic E-state index is -0.443. The van der Waals surface area contributed by atoms with Gasteiger partial charge in [-0.3, -0.25) is 4.79 Å². The molecule has 10 heteroatoms. The Balaban J connectivity index is 1.78. The number of para-hydroxylation sites is 1. The summed E-state index contributed by atoms with van der Waals surface area (Å²) < 4.78 is 28.8. The number of carbonyl (C=O) groups excluding carboxylic acids is 1. The van der Waals surface area contributed by atoms with Crippen LogP contribution in [0.3, 0.4) is 0 Å². The van der Waals surface area contributed by atoms with Gasteiger partial charge in [-0.2, -0.15) is 0 Å². The van der Waals surface area contributed by atoms with Gasteiger partial charge in [-0.25, -0.2) is 9.67 Å². The molecular formula is C27H28N4O6. The highest BCUT2D eigenvalue weighted by atomic mass is 16.5. The van der Waals surface area contributed by atoms with E-state index >= 15 is 0 Å². The topological polar surface area (TPSA) is 106 Å². The highest BCUT2D eigenvalue weighted by Gasteiger charge is 2.22. The van der Waals surface area contributed by atoms with Crippen molar-refractivity contribution >= 4 is 5.91 Å². The van der Waals surface area contributed by atoms with Crippen molar-refractivity contribution in [3.8, 4) is 45.8 Å². The molecule has 0 radical (unpaired) electrons. The van der Waals surface area contributed by atoms with Crippen molar-refractivity contribution in [2.24, 2.45) is 0 Å². The van der Waals surface area contributed by atoms with Gasteiger partial charge in [-0.05, 0) is 30.3 Å². The number of ether oxygens (including phenoxy) is 5. The molecule has 0 saturated carbocycles. The number of benzene rings is 3. The maximum absolute atomic E-state index is 13.1. The van der Waals surface area contributed by atoms with E-state index < -0.39 is 5.91 Å². The molecule has 0 fully saturated rings. The predicted molar refractivity (Wildman–Crippen MR) is 137 cm³/mol. The van der Waals surface area contributed by atoms with E-state index in [1.54, 1.807) is 37.1 Å². The molecule has 0 unspecified atom stereocenters. The quantitative estimate of drug-likeness (QED) is 0.347. The average Bonchev–Trinajstić information content (AvgIpc) is 3.41. The Bertz CT molecular complexity index is 1380. The second-order valence-electron chi connectivity index (χ2n) is 7.78. The van der Waals surface area contributed by atoms with Gasteiger partial charge < -0.3 is 29.0 Å². The third-order valence-corrected chi connectivity index (χ3v) is 5.66. The van der Waals surface area contributed by atoms with Gasteiger partial charge >= 0.3 is 0 Å². The van der Waals surface area contributed by atoms with Crippen LogP contribution in [0.25, 0.3) is 17.1 Å². The lowest BCUT2D eigenvalue weighted by Crippen LogP contribution is -2.24. The first-order valence-corrected chi connectivity index (χ1v) is 11.3. The minimum absolute atomic E-state index is 0.0125. The molecule has 4 rings (SSSR count). The summed E-state index contributed by atoms with van der Waals surface area (Å²) in [6, 6.07) is 18.2. The Morgan fingerprint density at radius 2 is 1.51 bits per heavy atom. The minimum Gasteiger partial charge on any atom is -0.497 e. The van der Waals surface area contributed by atoms with Crippen molar-refractivity contribution in [1.82, 2.24) is 20.1 Å². The maximum atomic E-state index is 13.1. The second-order valence-corrected chi connectivity index (χ2v) is 7.78. The smallest absolute Gasteiger partial charge is 0.291 e. The standard InChI is InChI=1S/C27H28N4O6/c1-33-20-11-8-10-19(15-20)31-26(18-13-22(35-3)24(37-5)23(14-18)36-4)29-25(30-31)27(32)28-16-17-9-6-7-12-21(17)34-2/h6-15H,16H2,1-5H3,(H,28,32). The number of aromatic nitrogens is 3. The Labute approximate surface area is 214 Å². The fraction of sp³-hybridized carbons (Fsp3) is 0.222. The first-order valence-electron chi connectivity index (χ1n) is 11.3. The summed E-state index contributed by atoms with van der Waals surface area (Å²) in [5.41, 5.74) is 2.09. The summed E-state index contributed by atoms with van der Waals surface area (Å²) in [6.07, 6.45) is 0. The second kappa shape index (κ2) is 11.3. The number of amides is 1. The van der Waals surface area contributed by atoms with Crippen molar-refractivity contribution in [3.05, 3.63) is 72.1 Å². The average molecular weight is 505 g/mol. The van der Waals surface area contributed by atoms with Crippen LogP contribution >= 0.6 is 0 Å². The zero-order chi connectivity index (χ0) is 26.4. The monoisotopic (exact) mass is 504 g/mol. The Hall–Kier alpha value is -4.73. The van der Waals surface area contributed by atoms with Gasteiger partial charge in [-0.1, -0.05) is 24.3 Å². The summed E-state index contributed by atoms with van der Waals surface area (Å²) in [7, 11) is 7.76. The summed E-state index contributed by atoms with van der Waals surface area (Å²) in [6.45, 7) is 0.246. The van der Waals surface area contributed by atoms with Gasteiger partial charge in [0.1, 0.15) is 11.5 Å². The highest BCUT2D eigenvalue weighted by molar-refractivity contribution is 5.91. The van der Waals surface area contributed by atoms with Crippen molar-refractivity contribution < 1.29 is 28.5 Å². The van der Waals surface area contributed by atoms with Crippen molar-refractivity contribution in [1.29, 1.82) is 0 Å². The molecule has 0 bridgehead atoms. The maximum Gasteiger partial charge on any atom is 0.291 e. The molecule has 0 aliphatic carbocycles. The summed E-state index contributed by atoms with van der Waals surface area (Å²) in [5.74, 6) is 2.58. The number of carbonyl (C=O) groups is 1. The van der Waals surface area contributed by atoms with E-state index in [4.69, 9.17) is 23.7 Å². The third kappa shape index (κ3) is 5.27. The van der Waals surface area contributed by atoms with E-state index in [9.17, 15) is 4.79 Å². The number of nitrogens with zero attached hydrogens (tertiary/aromatic N) is 3. The van der Waals surface area contributed by atoms with E-state index in [1.807, 2.05) is 42.5 Å². The number of hydrogen-bond acceptors (Lipinski definition) is 8. The van der Waals surface area contributed by atoms with Crippen molar-refractivity contribution in [3.63, 3.8) is 0 Å². The van der Waals surface area contributed by atoms with Gasteiger partial charge in [-0.15, -0.1) is 5.10 Å². The van der Waals surface area contributed by atoms with Gasteiger partial charge in [0.15, 0.2) is 17.3 Å². The van der Waals surface area contributed by atoms with E-state index in [-0.39, 0.29) is 12.4 Å². The highest BCUT2D eigenvalue weighted by Crippen LogP contribution is 2.41. The fourth-order valence-corrected chi connectivity index (χ4v) is 3.83. The number of methoxy groups -OCH3 is 5. The molecule has 4 aromatic rings. The van der Waals surface area contributed by atoms with E-state index in [0.29, 0.717) is 45.8 Å². The molecule has 0 aliphatic heterocycles. The normalized spacial score (nSPS) is 10.5. The van der Waals surface area contributed by atoms with Crippen LogP contribution in [0.15, 0.2) is 60.7 Å². The summed E-state index contributed by atoms with van der Waals surface area (Å²) in [5, 5.41) is 7.40. The molecule has 1 aromatic heterocycles. The third-order valence-electron chi connectivity index (χ3n) is 5.66. The largest absolute Gasteiger partial charge is 0.497 e. The van der Waals surface area contributed by atoms with Crippen LogP contribution in [0.4, 0.5) is 0 Å². The molecule has 1 N–H and O–H groups in total. The molecule has 0 spiro atoms. The number of hydrogen-bond donors (Lipinski definition) is 1. The summed E-state index contributed by atoms with van der Waals surface area (Å²) >= 11 is 0. The van der Waals surface area contributed by atoms with Crippen LogP contribution in [-0.4, -0.2) is 56.2 Å². The van der Waals surface area contributed by atoms with Crippen LogP contribution in [-0.2, 0) is 6.54 Å². The Kier molecular flexibility index (Phi) is 7.77. The van der Waals surface area contributed by atoms with Crippen LogP contribution in [0.1, 0.15) is 16.2 Å². The van der Waals surface area contributed by atoms with Crippen LogP contribution < -0.4 is 29.0 Å².